The molecule has 0 aromatic carbocycles. The van der Waals surface area contributed by atoms with Crippen molar-refractivity contribution in [2.24, 2.45) is 17.1 Å². The molecule has 1 aliphatic carbocycles. The van der Waals surface area contributed by atoms with E-state index >= 15 is 0 Å². The molecule has 3 N–H and O–H groups in total. The highest BCUT2D eigenvalue weighted by Crippen LogP contribution is 2.44. The largest absolute Gasteiger partial charge is 0.365 e. The number of amides is 2. The Balaban J connectivity index is 2.39. The summed E-state index contributed by atoms with van der Waals surface area (Å²) in [6.07, 6.45) is 2.89. The van der Waals surface area contributed by atoms with E-state index in [1.807, 2.05) is 0 Å². The van der Waals surface area contributed by atoms with Crippen molar-refractivity contribution in [3.63, 3.8) is 0 Å². The van der Waals surface area contributed by atoms with Gasteiger partial charge < -0.3 is 11.1 Å². The van der Waals surface area contributed by atoms with E-state index in [1.165, 1.54) is 23.1 Å². The first-order valence-corrected chi connectivity index (χ1v) is 7.73. The summed E-state index contributed by atoms with van der Waals surface area (Å²) in [5.41, 5.74) is 7.32. The molecule has 110 valence electrons. The molecule has 0 aliphatic heterocycles. The summed E-state index contributed by atoms with van der Waals surface area (Å²) in [4.78, 5) is 24.2. The normalized spacial score (nSPS) is 18.5. The van der Waals surface area contributed by atoms with Gasteiger partial charge in [-0.05, 0) is 36.2 Å². The number of carbonyl (C=O) groups excluding carboxylic acids is 2. The monoisotopic (exact) mass is 294 g/mol. The van der Waals surface area contributed by atoms with Crippen LogP contribution in [0.5, 0.6) is 0 Å². The minimum absolute atomic E-state index is 0.168. The number of fused-ring (bicyclic) bond motifs is 1. The van der Waals surface area contributed by atoms with Crippen molar-refractivity contribution in [1.29, 1.82) is 0 Å². The fourth-order valence-corrected chi connectivity index (χ4v) is 4.21. The second-order valence-corrected chi connectivity index (χ2v) is 7.66. The van der Waals surface area contributed by atoms with Gasteiger partial charge in [0.1, 0.15) is 5.00 Å². The molecule has 1 aliphatic rings. The third-order valence-electron chi connectivity index (χ3n) is 4.03. The number of rotatable bonds is 2. The van der Waals surface area contributed by atoms with Gasteiger partial charge in [0, 0.05) is 11.8 Å². The number of hydrogen-bond acceptors (Lipinski definition) is 3. The summed E-state index contributed by atoms with van der Waals surface area (Å²) in [6.45, 7) is 8.20. The Morgan fingerprint density at radius 3 is 2.50 bits per heavy atom. The molecule has 1 heterocycles. The molecule has 0 radical (unpaired) electrons. The van der Waals surface area contributed by atoms with Crippen LogP contribution in [-0.2, 0) is 17.6 Å². The molecule has 5 heteroatoms. The van der Waals surface area contributed by atoms with Crippen LogP contribution in [0.2, 0.25) is 0 Å². The van der Waals surface area contributed by atoms with Crippen LogP contribution in [0, 0.1) is 11.3 Å². The zero-order chi connectivity index (χ0) is 15.1. The molecule has 0 fully saturated rings. The van der Waals surface area contributed by atoms with Crippen molar-refractivity contribution < 1.29 is 9.59 Å². The van der Waals surface area contributed by atoms with Gasteiger partial charge in [0.05, 0.1) is 5.56 Å². The Bertz CT molecular complexity index is 555. The minimum Gasteiger partial charge on any atom is -0.365 e. The number of hydrogen-bond donors (Lipinski definition) is 2. The van der Waals surface area contributed by atoms with E-state index in [0.717, 1.165) is 24.8 Å². The number of carbonyl (C=O) groups is 2. The second kappa shape index (κ2) is 5.20. The molecule has 0 unspecified atom stereocenters. The third kappa shape index (κ3) is 2.87. The molecule has 4 nitrogen and oxygen atoms in total. The van der Waals surface area contributed by atoms with Gasteiger partial charge in [0.25, 0.3) is 5.91 Å². The van der Waals surface area contributed by atoms with Crippen molar-refractivity contribution in [2.45, 2.75) is 47.0 Å². The van der Waals surface area contributed by atoms with Crippen LogP contribution in [0.4, 0.5) is 5.00 Å². The van der Waals surface area contributed by atoms with E-state index in [4.69, 9.17) is 5.73 Å². The fourth-order valence-electron chi connectivity index (χ4n) is 2.83. The smallest absolute Gasteiger partial charge is 0.251 e. The molecule has 1 atom stereocenters. The first-order valence-electron chi connectivity index (χ1n) is 6.92. The highest BCUT2D eigenvalue weighted by Gasteiger charge is 2.33. The Morgan fingerprint density at radius 2 is 2.00 bits per heavy atom. The van der Waals surface area contributed by atoms with Crippen LogP contribution in [0.25, 0.3) is 0 Å². The van der Waals surface area contributed by atoms with Crippen LogP contribution in [0.3, 0.4) is 0 Å². The number of nitrogens with one attached hydrogen (secondary N) is 1. The van der Waals surface area contributed by atoms with E-state index in [0.29, 0.717) is 16.5 Å². The van der Waals surface area contributed by atoms with Gasteiger partial charge in [-0.15, -0.1) is 11.3 Å². The molecule has 0 spiro atoms. The van der Waals surface area contributed by atoms with Gasteiger partial charge in [0.2, 0.25) is 5.91 Å². The van der Waals surface area contributed by atoms with Crippen LogP contribution >= 0.6 is 11.3 Å². The van der Waals surface area contributed by atoms with Crippen molar-refractivity contribution in [1.82, 2.24) is 0 Å². The van der Waals surface area contributed by atoms with Crippen LogP contribution < -0.4 is 11.1 Å². The van der Waals surface area contributed by atoms with Gasteiger partial charge in [0.15, 0.2) is 0 Å². The molecule has 0 bridgehead atoms. The Labute approximate surface area is 123 Å². The standard InChI is InChI=1S/C15H22N2O2S/c1-8(18)17-14-12(13(16)19)10-6-5-9(15(2,3)4)7-11(10)20-14/h9H,5-7H2,1-4H3,(H2,16,19)(H,17,18)/t9-/m0/s1. The van der Waals surface area contributed by atoms with Crippen molar-refractivity contribution in [3.05, 3.63) is 16.0 Å². The SMILES string of the molecule is CC(=O)Nc1sc2c(c1C(N)=O)CC[C@H](C(C)(C)C)C2. The van der Waals surface area contributed by atoms with Gasteiger partial charge in [-0.1, -0.05) is 20.8 Å². The number of anilines is 1. The average molecular weight is 294 g/mol. The fraction of sp³-hybridized carbons (Fsp3) is 0.600. The van der Waals surface area contributed by atoms with Crippen LogP contribution in [-0.4, -0.2) is 11.8 Å². The molecule has 1 aromatic rings. The highest BCUT2D eigenvalue weighted by molar-refractivity contribution is 7.17. The molecular weight excluding hydrogens is 272 g/mol. The van der Waals surface area contributed by atoms with Crippen molar-refractivity contribution in [2.75, 3.05) is 5.32 Å². The maximum absolute atomic E-state index is 11.7. The predicted octanol–water partition coefficient (Wildman–Crippen LogP) is 2.96. The molecule has 1 aromatic heterocycles. The molecule has 0 saturated heterocycles. The van der Waals surface area contributed by atoms with E-state index in [9.17, 15) is 9.59 Å². The summed E-state index contributed by atoms with van der Waals surface area (Å²) in [6, 6.07) is 0. The van der Waals surface area contributed by atoms with E-state index in [1.54, 1.807) is 0 Å². The van der Waals surface area contributed by atoms with Gasteiger partial charge in [-0.25, -0.2) is 0 Å². The van der Waals surface area contributed by atoms with Gasteiger partial charge >= 0.3 is 0 Å². The third-order valence-corrected chi connectivity index (χ3v) is 5.20. The Hall–Kier alpha value is -1.36. The first kappa shape index (κ1) is 15.0. The lowest BCUT2D eigenvalue weighted by atomic mass is 9.72. The lowest BCUT2D eigenvalue weighted by Crippen LogP contribution is -2.27. The number of thiophene rings is 1. The van der Waals surface area contributed by atoms with Crippen molar-refractivity contribution in [3.8, 4) is 0 Å². The Kier molecular flexibility index (Phi) is 3.91. The van der Waals surface area contributed by atoms with Gasteiger partial charge in [-0.2, -0.15) is 0 Å². The average Bonchev–Trinajstić information content (AvgIpc) is 2.63. The maximum atomic E-state index is 11.7. The minimum atomic E-state index is -0.444. The molecular formula is C15H22N2O2S. The molecule has 20 heavy (non-hydrogen) atoms. The lowest BCUT2D eigenvalue weighted by Gasteiger charge is -2.33. The summed E-state index contributed by atoms with van der Waals surface area (Å²) in [7, 11) is 0. The predicted molar refractivity (Wildman–Crippen MR) is 82.1 cm³/mol. The molecule has 2 rings (SSSR count). The molecule has 0 saturated carbocycles. The second-order valence-electron chi connectivity index (χ2n) is 6.56. The highest BCUT2D eigenvalue weighted by atomic mass is 32.1. The first-order chi connectivity index (χ1) is 9.20. The van der Waals surface area contributed by atoms with Crippen LogP contribution in [0.15, 0.2) is 0 Å². The number of primary amides is 1. The summed E-state index contributed by atoms with van der Waals surface area (Å²) in [5.74, 6) is -0.0153. The zero-order valence-electron chi connectivity index (χ0n) is 12.5. The van der Waals surface area contributed by atoms with Crippen LogP contribution in [0.1, 0.15) is 54.9 Å². The summed E-state index contributed by atoms with van der Waals surface area (Å²) in [5, 5.41) is 3.36. The molecule has 2 amide bonds. The lowest BCUT2D eigenvalue weighted by molar-refractivity contribution is -0.114. The van der Waals surface area contributed by atoms with Gasteiger partial charge in [-0.3, -0.25) is 9.59 Å². The number of nitrogens with two attached hydrogens (primary N) is 1. The van der Waals surface area contributed by atoms with E-state index < -0.39 is 5.91 Å². The van der Waals surface area contributed by atoms with E-state index in [2.05, 4.69) is 26.1 Å². The van der Waals surface area contributed by atoms with E-state index in [-0.39, 0.29) is 11.3 Å². The summed E-state index contributed by atoms with van der Waals surface area (Å²) < 4.78 is 0. The summed E-state index contributed by atoms with van der Waals surface area (Å²) >= 11 is 1.51. The topological polar surface area (TPSA) is 72.2 Å². The zero-order valence-corrected chi connectivity index (χ0v) is 13.3. The Morgan fingerprint density at radius 1 is 1.35 bits per heavy atom. The maximum Gasteiger partial charge on any atom is 0.251 e. The quantitative estimate of drug-likeness (QED) is 0.880. The van der Waals surface area contributed by atoms with Crippen molar-refractivity contribution >= 4 is 28.2 Å².